The van der Waals surface area contributed by atoms with Crippen LogP contribution >= 0.6 is 0 Å². The Hall–Kier alpha value is -1.36. The fourth-order valence-corrected chi connectivity index (χ4v) is 2.23. The third-order valence-corrected chi connectivity index (χ3v) is 3.05. The monoisotopic (exact) mass is 223 g/mol. The first-order valence-electron chi connectivity index (χ1n) is 5.53. The second kappa shape index (κ2) is 3.90. The Labute approximate surface area is 94.7 Å². The SMILES string of the molecule is CCCC1(C)OCC2=C1NC(C(N)=O)N=C2. The van der Waals surface area contributed by atoms with Crippen molar-refractivity contribution >= 4 is 12.1 Å². The fourth-order valence-electron chi connectivity index (χ4n) is 2.23. The molecule has 5 nitrogen and oxygen atoms in total. The molecule has 0 aromatic rings. The second-order valence-corrected chi connectivity index (χ2v) is 4.40. The zero-order valence-corrected chi connectivity index (χ0v) is 9.62. The summed E-state index contributed by atoms with van der Waals surface area (Å²) in [7, 11) is 0. The molecule has 2 rings (SSSR count). The molecule has 0 radical (unpaired) electrons. The Kier molecular flexibility index (Phi) is 2.71. The highest BCUT2D eigenvalue weighted by Gasteiger charge is 2.40. The van der Waals surface area contributed by atoms with Crippen molar-refractivity contribution < 1.29 is 9.53 Å². The molecule has 5 heteroatoms. The molecule has 2 aliphatic heterocycles. The first-order chi connectivity index (χ1) is 7.57. The third-order valence-electron chi connectivity index (χ3n) is 3.05. The molecule has 0 aromatic heterocycles. The fraction of sp³-hybridized carbons (Fsp3) is 0.636. The van der Waals surface area contributed by atoms with Crippen LogP contribution in [0.4, 0.5) is 0 Å². The van der Waals surface area contributed by atoms with Gasteiger partial charge in [0, 0.05) is 11.8 Å². The molecule has 1 amide bonds. The van der Waals surface area contributed by atoms with E-state index in [1.54, 1.807) is 6.21 Å². The number of hydrogen-bond donors (Lipinski definition) is 2. The van der Waals surface area contributed by atoms with E-state index in [1.165, 1.54) is 0 Å². The predicted molar refractivity (Wildman–Crippen MR) is 60.9 cm³/mol. The van der Waals surface area contributed by atoms with Gasteiger partial charge in [0.1, 0.15) is 5.60 Å². The van der Waals surface area contributed by atoms with Gasteiger partial charge in [-0.05, 0) is 13.3 Å². The molecule has 0 aliphatic carbocycles. The average molecular weight is 223 g/mol. The topological polar surface area (TPSA) is 76.7 Å². The Bertz CT molecular complexity index is 375. The second-order valence-electron chi connectivity index (χ2n) is 4.40. The average Bonchev–Trinajstić information content (AvgIpc) is 2.57. The van der Waals surface area contributed by atoms with Crippen molar-refractivity contribution in [3.8, 4) is 0 Å². The van der Waals surface area contributed by atoms with Crippen LogP contribution in [0.1, 0.15) is 26.7 Å². The van der Waals surface area contributed by atoms with E-state index in [4.69, 9.17) is 10.5 Å². The molecule has 3 N–H and O–H groups in total. The normalized spacial score (nSPS) is 32.5. The summed E-state index contributed by atoms with van der Waals surface area (Å²) in [6.45, 7) is 4.69. The lowest BCUT2D eigenvalue weighted by molar-refractivity contribution is -0.119. The van der Waals surface area contributed by atoms with E-state index >= 15 is 0 Å². The van der Waals surface area contributed by atoms with Gasteiger partial charge < -0.3 is 15.8 Å². The van der Waals surface area contributed by atoms with E-state index < -0.39 is 12.1 Å². The van der Waals surface area contributed by atoms with Gasteiger partial charge in [0.05, 0.1) is 12.3 Å². The van der Waals surface area contributed by atoms with Crippen LogP contribution in [0.25, 0.3) is 0 Å². The van der Waals surface area contributed by atoms with Crippen LogP contribution in [-0.2, 0) is 9.53 Å². The maximum absolute atomic E-state index is 11.1. The van der Waals surface area contributed by atoms with Crippen LogP contribution in [0.5, 0.6) is 0 Å². The summed E-state index contributed by atoms with van der Waals surface area (Å²) in [6.07, 6.45) is 2.98. The van der Waals surface area contributed by atoms with Gasteiger partial charge in [0.25, 0.3) is 5.91 Å². The molecule has 2 atom stereocenters. The third kappa shape index (κ3) is 1.71. The van der Waals surface area contributed by atoms with E-state index in [0.29, 0.717) is 6.61 Å². The molecule has 0 saturated heterocycles. The van der Waals surface area contributed by atoms with Crippen molar-refractivity contribution in [2.24, 2.45) is 10.7 Å². The van der Waals surface area contributed by atoms with Crippen molar-refractivity contribution in [2.75, 3.05) is 6.61 Å². The standard InChI is InChI=1S/C11H17N3O2/c1-3-4-11(2)8-7(6-16-11)5-13-10(14-8)9(12)15/h5,10,14H,3-4,6H2,1-2H3,(H2,12,15). The number of rotatable bonds is 3. The lowest BCUT2D eigenvalue weighted by atomic mass is 9.94. The largest absolute Gasteiger partial charge is 0.366 e. The van der Waals surface area contributed by atoms with E-state index in [9.17, 15) is 4.79 Å². The predicted octanol–water partition coefficient (Wildman–Crippen LogP) is 0.315. The Morgan fingerprint density at radius 1 is 1.81 bits per heavy atom. The van der Waals surface area contributed by atoms with Gasteiger partial charge in [0.15, 0.2) is 6.17 Å². The number of nitrogens with zero attached hydrogens (tertiary/aromatic N) is 1. The molecule has 0 bridgehead atoms. The summed E-state index contributed by atoms with van der Waals surface area (Å²) in [4.78, 5) is 15.1. The zero-order chi connectivity index (χ0) is 11.8. The van der Waals surface area contributed by atoms with E-state index in [0.717, 1.165) is 24.1 Å². The highest BCUT2D eigenvalue weighted by atomic mass is 16.5. The summed E-state index contributed by atoms with van der Waals surface area (Å²) < 4.78 is 5.78. The van der Waals surface area contributed by atoms with Gasteiger partial charge >= 0.3 is 0 Å². The van der Waals surface area contributed by atoms with E-state index in [2.05, 4.69) is 17.2 Å². The number of nitrogens with two attached hydrogens (primary N) is 1. The van der Waals surface area contributed by atoms with Crippen molar-refractivity contribution in [3.05, 3.63) is 11.3 Å². The van der Waals surface area contributed by atoms with E-state index in [-0.39, 0.29) is 5.60 Å². The molecule has 0 fully saturated rings. The first-order valence-corrected chi connectivity index (χ1v) is 5.53. The summed E-state index contributed by atoms with van der Waals surface area (Å²) >= 11 is 0. The number of ether oxygens (including phenoxy) is 1. The van der Waals surface area contributed by atoms with Crippen molar-refractivity contribution in [1.29, 1.82) is 0 Å². The molecule has 2 aliphatic rings. The summed E-state index contributed by atoms with van der Waals surface area (Å²) in [5.41, 5.74) is 6.89. The van der Waals surface area contributed by atoms with Gasteiger partial charge in [-0.1, -0.05) is 13.3 Å². The zero-order valence-electron chi connectivity index (χ0n) is 9.62. The molecular formula is C11H17N3O2. The Morgan fingerprint density at radius 2 is 2.56 bits per heavy atom. The molecule has 16 heavy (non-hydrogen) atoms. The molecular weight excluding hydrogens is 206 g/mol. The van der Waals surface area contributed by atoms with Crippen LogP contribution in [0, 0.1) is 0 Å². The van der Waals surface area contributed by atoms with Crippen molar-refractivity contribution in [1.82, 2.24) is 5.32 Å². The highest BCUT2D eigenvalue weighted by molar-refractivity contribution is 5.88. The summed E-state index contributed by atoms with van der Waals surface area (Å²) in [5, 5.41) is 3.07. The Morgan fingerprint density at radius 3 is 3.19 bits per heavy atom. The smallest absolute Gasteiger partial charge is 0.262 e. The maximum Gasteiger partial charge on any atom is 0.262 e. The number of hydrogen-bond acceptors (Lipinski definition) is 4. The number of carbonyl (C=O) groups excluding carboxylic acids is 1. The number of aliphatic imine (C=N–C) groups is 1. The molecule has 0 aromatic carbocycles. The van der Waals surface area contributed by atoms with Crippen LogP contribution in [-0.4, -0.2) is 30.5 Å². The Balaban J connectivity index is 2.23. The van der Waals surface area contributed by atoms with Crippen molar-refractivity contribution in [3.63, 3.8) is 0 Å². The van der Waals surface area contributed by atoms with Gasteiger partial charge in [0.2, 0.25) is 0 Å². The molecule has 88 valence electrons. The van der Waals surface area contributed by atoms with Crippen LogP contribution in [0.3, 0.4) is 0 Å². The minimum absolute atomic E-state index is 0.329. The number of nitrogens with one attached hydrogen (secondary N) is 1. The quantitative estimate of drug-likeness (QED) is 0.723. The molecule has 0 spiro atoms. The summed E-state index contributed by atoms with van der Waals surface area (Å²) in [6, 6.07) is 0. The summed E-state index contributed by atoms with van der Waals surface area (Å²) in [5.74, 6) is -0.464. The lowest BCUT2D eigenvalue weighted by Gasteiger charge is -2.30. The van der Waals surface area contributed by atoms with Crippen LogP contribution in [0.2, 0.25) is 0 Å². The van der Waals surface area contributed by atoms with Gasteiger partial charge in [-0.25, -0.2) is 0 Å². The van der Waals surface area contributed by atoms with E-state index in [1.807, 2.05) is 6.92 Å². The number of primary amides is 1. The highest BCUT2D eigenvalue weighted by Crippen LogP contribution is 2.34. The lowest BCUT2D eigenvalue weighted by Crippen LogP contribution is -2.46. The molecule has 0 saturated carbocycles. The maximum atomic E-state index is 11.1. The van der Waals surface area contributed by atoms with Crippen molar-refractivity contribution in [2.45, 2.75) is 38.5 Å². The minimum atomic E-state index is -0.656. The van der Waals surface area contributed by atoms with Gasteiger partial charge in [-0.3, -0.25) is 9.79 Å². The first kappa shape index (κ1) is 11.1. The van der Waals surface area contributed by atoms with Crippen LogP contribution in [0.15, 0.2) is 16.3 Å². The number of carbonyl (C=O) groups is 1. The molecule has 2 unspecified atom stereocenters. The van der Waals surface area contributed by atoms with Crippen LogP contribution < -0.4 is 11.1 Å². The minimum Gasteiger partial charge on any atom is -0.366 e. The number of amides is 1. The van der Waals surface area contributed by atoms with Gasteiger partial charge in [-0.15, -0.1) is 0 Å². The van der Waals surface area contributed by atoms with Gasteiger partial charge in [-0.2, -0.15) is 0 Å². The molecule has 2 heterocycles.